The summed E-state index contributed by atoms with van der Waals surface area (Å²) in [6, 6.07) is 0. The average Bonchev–Trinajstić information content (AvgIpc) is 1.59. The van der Waals surface area contributed by atoms with Crippen molar-refractivity contribution in [3.63, 3.8) is 0 Å². The Morgan fingerprint density at radius 3 is 2.00 bits per heavy atom. The first-order chi connectivity index (χ1) is 3.56. The zero-order valence-electron chi connectivity index (χ0n) is 4.79. The molecule has 0 aliphatic rings. The first kappa shape index (κ1) is 13.5. The summed E-state index contributed by atoms with van der Waals surface area (Å²) in [5.41, 5.74) is 0. The van der Waals surface area contributed by atoms with E-state index in [0.29, 0.717) is 6.42 Å². The zero-order chi connectivity index (χ0) is 6.62. The van der Waals surface area contributed by atoms with Crippen molar-refractivity contribution in [3.05, 3.63) is 0 Å². The van der Waals surface area contributed by atoms with Crippen molar-refractivity contribution in [1.29, 1.82) is 0 Å². The Morgan fingerprint density at radius 2 is 1.89 bits per heavy atom. The van der Waals surface area contributed by atoms with Gasteiger partial charge in [-0.25, -0.2) is 0 Å². The van der Waals surface area contributed by atoms with E-state index in [2.05, 4.69) is 0 Å². The Labute approximate surface area is 115 Å². The monoisotopic (exact) mass is 272 g/mol. The van der Waals surface area contributed by atoms with Crippen LogP contribution in [-0.4, -0.2) is 87.6 Å². The van der Waals surface area contributed by atoms with Crippen molar-refractivity contribution >= 4 is 79.0 Å². The Morgan fingerprint density at radius 1 is 1.44 bits per heavy atom. The summed E-state index contributed by atoms with van der Waals surface area (Å²) >= 11 is 0. The molecule has 0 aromatic heterocycles. The van der Waals surface area contributed by atoms with Gasteiger partial charge in [0.05, 0.1) is 5.75 Å². The molecule has 0 atom stereocenters. The van der Waals surface area contributed by atoms with Crippen molar-refractivity contribution in [2.24, 2.45) is 0 Å². The van der Waals surface area contributed by atoms with Crippen LogP contribution in [0.4, 0.5) is 0 Å². The summed E-state index contributed by atoms with van der Waals surface area (Å²) in [5, 5.41) is 0. The van der Waals surface area contributed by atoms with Gasteiger partial charge in [0.1, 0.15) is 0 Å². The SMILES string of the molecule is CCCCS(=O)(=O)O.[CsH]. The van der Waals surface area contributed by atoms with Gasteiger partial charge in [-0.2, -0.15) is 8.42 Å². The molecule has 0 bridgehead atoms. The predicted molar refractivity (Wildman–Crippen MR) is 38.5 cm³/mol. The molecule has 0 fully saturated rings. The summed E-state index contributed by atoms with van der Waals surface area (Å²) < 4.78 is 28.0. The molecule has 9 heavy (non-hydrogen) atoms. The molecule has 0 heterocycles. The fraction of sp³-hybridized carbons (Fsp3) is 1.00. The van der Waals surface area contributed by atoms with Gasteiger partial charge >= 0.3 is 68.9 Å². The molecular formula is C4H11CsO3S. The van der Waals surface area contributed by atoms with Crippen molar-refractivity contribution in [2.45, 2.75) is 19.8 Å². The van der Waals surface area contributed by atoms with Gasteiger partial charge in [0.15, 0.2) is 0 Å². The molecule has 0 unspecified atom stereocenters. The minimum absolute atomic E-state index is 0. The topological polar surface area (TPSA) is 54.4 Å². The van der Waals surface area contributed by atoms with Crippen molar-refractivity contribution < 1.29 is 13.0 Å². The molecule has 0 aromatic carbocycles. The van der Waals surface area contributed by atoms with Gasteiger partial charge in [-0.05, 0) is 6.42 Å². The van der Waals surface area contributed by atoms with Crippen LogP contribution < -0.4 is 0 Å². The average molecular weight is 272 g/mol. The molecule has 0 aromatic rings. The summed E-state index contributed by atoms with van der Waals surface area (Å²) in [4.78, 5) is 0. The fourth-order valence-corrected chi connectivity index (χ4v) is 0.980. The number of rotatable bonds is 3. The van der Waals surface area contributed by atoms with Crippen molar-refractivity contribution in [3.8, 4) is 0 Å². The summed E-state index contributed by atoms with van der Waals surface area (Å²) in [7, 11) is -3.69. The van der Waals surface area contributed by atoms with Crippen LogP contribution in [0.1, 0.15) is 19.8 Å². The third kappa shape index (κ3) is 13.0. The number of hydrogen-bond acceptors (Lipinski definition) is 2. The maximum atomic E-state index is 9.95. The molecule has 0 amide bonds. The Kier molecular flexibility index (Phi) is 10.0. The van der Waals surface area contributed by atoms with Gasteiger partial charge < -0.3 is 0 Å². The molecule has 0 saturated heterocycles. The van der Waals surface area contributed by atoms with E-state index >= 15 is 0 Å². The first-order valence-corrected chi connectivity index (χ1v) is 4.12. The van der Waals surface area contributed by atoms with E-state index in [1.165, 1.54) is 0 Å². The molecule has 0 saturated carbocycles. The molecule has 52 valence electrons. The van der Waals surface area contributed by atoms with Gasteiger partial charge in [0.2, 0.25) is 0 Å². The van der Waals surface area contributed by atoms with Crippen LogP contribution in [-0.2, 0) is 10.1 Å². The van der Waals surface area contributed by atoms with Crippen LogP contribution in [0.2, 0.25) is 0 Å². The second-order valence-electron chi connectivity index (χ2n) is 1.64. The third-order valence-electron chi connectivity index (χ3n) is 0.756. The minimum atomic E-state index is -3.69. The Balaban J connectivity index is 0. The van der Waals surface area contributed by atoms with Crippen LogP contribution in [0.5, 0.6) is 0 Å². The molecule has 0 radical (unpaired) electrons. The molecule has 0 aliphatic carbocycles. The molecule has 1 N–H and O–H groups in total. The Bertz CT molecular complexity index is 140. The fourth-order valence-electron chi connectivity index (χ4n) is 0.327. The summed E-state index contributed by atoms with van der Waals surface area (Å²) in [6.07, 6.45) is 1.33. The third-order valence-corrected chi connectivity index (χ3v) is 1.56. The number of unbranched alkanes of at least 4 members (excludes halogenated alkanes) is 1. The van der Waals surface area contributed by atoms with E-state index < -0.39 is 10.1 Å². The van der Waals surface area contributed by atoms with Gasteiger partial charge in [0, 0.05) is 0 Å². The van der Waals surface area contributed by atoms with Crippen LogP contribution in [0.3, 0.4) is 0 Å². The normalized spacial score (nSPS) is 10.4. The molecular weight excluding hydrogens is 261 g/mol. The summed E-state index contributed by atoms with van der Waals surface area (Å²) in [6.45, 7) is 1.87. The van der Waals surface area contributed by atoms with Gasteiger partial charge in [-0.15, -0.1) is 0 Å². The van der Waals surface area contributed by atoms with E-state index in [-0.39, 0.29) is 74.6 Å². The van der Waals surface area contributed by atoms with E-state index in [1.807, 2.05) is 6.92 Å². The zero-order valence-corrected chi connectivity index (χ0v) is 5.61. The van der Waals surface area contributed by atoms with Crippen LogP contribution in [0, 0.1) is 0 Å². The second kappa shape index (κ2) is 6.66. The predicted octanol–water partition coefficient (Wildman–Crippen LogP) is 0.0258. The Hall–Kier alpha value is 1.96. The van der Waals surface area contributed by atoms with E-state index in [1.54, 1.807) is 0 Å². The number of hydrogen-bond donors (Lipinski definition) is 1. The van der Waals surface area contributed by atoms with Crippen molar-refractivity contribution in [1.82, 2.24) is 0 Å². The molecule has 0 rings (SSSR count). The van der Waals surface area contributed by atoms with E-state index in [0.717, 1.165) is 6.42 Å². The molecule has 3 nitrogen and oxygen atoms in total. The maximum absolute atomic E-state index is 9.95. The quantitative estimate of drug-likeness (QED) is 0.737. The molecule has 5 heteroatoms. The molecule has 0 aliphatic heterocycles. The second-order valence-corrected chi connectivity index (χ2v) is 3.21. The summed E-state index contributed by atoms with van der Waals surface area (Å²) in [5.74, 6) is -0.108. The van der Waals surface area contributed by atoms with Gasteiger partial charge in [0.25, 0.3) is 10.1 Å². The van der Waals surface area contributed by atoms with E-state index in [9.17, 15) is 8.42 Å². The first-order valence-electron chi connectivity index (χ1n) is 2.51. The van der Waals surface area contributed by atoms with Crippen LogP contribution in [0.15, 0.2) is 0 Å². The van der Waals surface area contributed by atoms with Gasteiger partial charge in [-0.1, -0.05) is 13.3 Å². The van der Waals surface area contributed by atoms with Crippen LogP contribution in [0.25, 0.3) is 0 Å². The molecule has 0 spiro atoms. The standard InChI is InChI=1S/C4H10O3S.Cs.H/c1-2-3-4-8(5,6)7;;/h2-4H2,1H3,(H,5,6,7);;. The van der Waals surface area contributed by atoms with Gasteiger partial charge in [-0.3, -0.25) is 4.55 Å². The van der Waals surface area contributed by atoms with E-state index in [4.69, 9.17) is 4.55 Å². The van der Waals surface area contributed by atoms with Crippen LogP contribution >= 0.6 is 0 Å². The van der Waals surface area contributed by atoms with Crippen molar-refractivity contribution in [2.75, 3.05) is 5.75 Å².